The predicted molar refractivity (Wildman–Crippen MR) is 148 cm³/mol. The molecule has 10 nitrogen and oxygen atoms in total. The summed E-state index contributed by atoms with van der Waals surface area (Å²) in [6.45, 7) is 6.80. The molecule has 1 aliphatic rings. The molecule has 202 valence electrons. The Morgan fingerprint density at radius 1 is 1.12 bits per heavy atom. The number of nitrogens with zero attached hydrogens (tertiary/aromatic N) is 7. The van der Waals surface area contributed by atoms with Gasteiger partial charge in [0, 0.05) is 43.0 Å². The van der Waals surface area contributed by atoms with Crippen LogP contribution in [0.4, 0.5) is 15.9 Å². The predicted octanol–water partition coefficient (Wildman–Crippen LogP) is 5.33. The zero-order valence-electron chi connectivity index (χ0n) is 21.9. The van der Waals surface area contributed by atoms with Gasteiger partial charge in [0.1, 0.15) is 35.5 Å². The van der Waals surface area contributed by atoms with Crippen molar-refractivity contribution in [1.82, 2.24) is 34.4 Å². The second-order valence-electron chi connectivity index (χ2n) is 9.73. The minimum atomic E-state index is -0.497. The molecule has 6 rings (SSSR count). The first-order chi connectivity index (χ1) is 19.5. The van der Waals surface area contributed by atoms with Gasteiger partial charge in [0.25, 0.3) is 0 Å². The van der Waals surface area contributed by atoms with Crippen molar-refractivity contribution in [3.8, 4) is 11.5 Å². The molecule has 5 heterocycles. The number of ether oxygens (including phenoxy) is 1. The largest absolute Gasteiger partial charge is 0.457 e. The van der Waals surface area contributed by atoms with Gasteiger partial charge in [-0.3, -0.25) is 4.79 Å². The molecule has 1 aromatic carbocycles. The Kier molecular flexibility index (Phi) is 6.77. The third-order valence-electron chi connectivity index (χ3n) is 7.13. The van der Waals surface area contributed by atoms with Crippen LogP contribution >= 0.6 is 0 Å². The second kappa shape index (κ2) is 10.7. The lowest BCUT2D eigenvalue weighted by molar-refractivity contribution is -0.125. The highest BCUT2D eigenvalue weighted by molar-refractivity contribution is 5.87. The van der Waals surface area contributed by atoms with Gasteiger partial charge in [0.05, 0.1) is 11.2 Å². The fourth-order valence-electron chi connectivity index (χ4n) is 5.00. The van der Waals surface area contributed by atoms with Crippen LogP contribution in [-0.2, 0) is 4.79 Å². The van der Waals surface area contributed by atoms with Crippen molar-refractivity contribution < 1.29 is 13.9 Å². The highest BCUT2D eigenvalue weighted by Crippen LogP contribution is 2.33. The van der Waals surface area contributed by atoms with Crippen molar-refractivity contribution in [2.45, 2.75) is 32.1 Å². The summed E-state index contributed by atoms with van der Waals surface area (Å²) < 4.78 is 22.9. The van der Waals surface area contributed by atoms with E-state index in [2.05, 4.69) is 31.9 Å². The maximum Gasteiger partial charge on any atom is 0.245 e. The van der Waals surface area contributed by atoms with E-state index >= 15 is 4.39 Å². The minimum absolute atomic E-state index is 0.0443. The van der Waals surface area contributed by atoms with Gasteiger partial charge in [0.15, 0.2) is 11.5 Å². The quantitative estimate of drug-likeness (QED) is 0.289. The summed E-state index contributed by atoms with van der Waals surface area (Å²) in [5, 5.41) is 7.18. The fraction of sp³-hybridized carbons (Fsp3) is 0.241. The van der Waals surface area contributed by atoms with Gasteiger partial charge in [-0.15, -0.1) is 0 Å². The van der Waals surface area contributed by atoms with E-state index in [0.29, 0.717) is 47.1 Å². The second-order valence-corrected chi connectivity index (χ2v) is 9.73. The third kappa shape index (κ3) is 5.05. The Hall–Kier alpha value is -4.93. The van der Waals surface area contributed by atoms with Gasteiger partial charge >= 0.3 is 0 Å². The highest BCUT2D eigenvalue weighted by Gasteiger charge is 2.22. The van der Waals surface area contributed by atoms with Gasteiger partial charge in [0.2, 0.25) is 5.91 Å². The van der Waals surface area contributed by atoms with Gasteiger partial charge in [-0.05, 0) is 62.1 Å². The normalized spacial score (nSPS) is 15.7. The number of likely N-dealkylation sites (tertiary alicyclic amines) is 1. The molecular weight excluding hydrogens is 511 g/mol. The van der Waals surface area contributed by atoms with Gasteiger partial charge in [-0.1, -0.05) is 6.58 Å². The number of aryl methyl sites for hydroxylation is 1. The number of rotatable bonds is 6. The van der Waals surface area contributed by atoms with Crippen LogP contribution in [0.5, 0.6) is 11.5 Å². The van der Waals surface area contributed by atoms with E-state index in [0.717, 1.165) is 30.5 Å². The van der Waals surface area contributed by atoms with Gasteiger partial charge in [-0.25, -0.2) is 28.8 Å². The van der Waals surface area contributed by atoms with Crippen molar-refractivity contribution in [2.75, 3.05) is 18.4 Å². The standard InChI is InChI=1S/C29H27FN8O2/c1-3-27(39)37-10-4-5-19(8-11-37)22-6-7-23-28(35-22)29(33-16-31-23)36-24-13-18(2)25(15-21(24)30)40-20-9-12-38-26(14-20)32-17-34-38/h3,6-7,9,12-17,19H,1,4-5,8,10-11H2,2H3,(H,31,33,36). The number of hydrogen-bond donors (Lipinski definition) is 1. The number of nitrogens with one attached hydrogen (secondary N) is 1. The van der Waals surface area contributed by atoms with Crippen LogP contribution in [0.3, 0.4) is 0 Å². The van der Waals surface area contributed by atoms with E-state index in [1.54, 1.807) is 28.9 Å². The number of fused-ring (bicyclic) bond motifs is 2. The molecule has 1 atom stereocenters. The maximum absolute atomic E-state index is 15.3. The Bertz CT molecular complexity index is 1740. The van der Waals surface area contributed by atoms with E-state index in [1.807, 2.05) is 24.0 Å². The number of aromatic nitrogens is 6. The molecule has 40 heavy (non-hydrogen) atoms. The van der Waals surface area contributed by atoms with Gasteiger partial charge < -0.3 is 15.0 Å². The Labute approximate surface area is 229 Å². The van der Waals surface area contributed by atoms with E-state index in [1.165, 1.54) is 24.8 Å². The smallest absolute Gasteiger partial charge is 0.245 e. The lowest BCUT2D eigenvalue weighted by Gasteiger charge is -2.18. The van der Waals surface area contributed by atoms with Crippen LogP contribution in [0.25, 0.3) is 16.7 Å². The highest BCUT2D eigenvalue weighted by atomic mass is 19.1. The number of hydrogen-bond acceptors (Lipinski definition) is 8. The van der Waals surface area contributed by atoms with Gasteiger partial charge in [-0.2, -0.15) is 5.10 Å². The first kappa shape index (κ1) is 25.4. The number of halogens is 1. The summed E-state index contributed by atoms with van der Waals surface area (Å²) in [6.07, 6.45) is 8.57. The lowest BCUT2D eigenvalue weighted by Crippen LogP contribution is -2.30. The van der Waals surface area contributed by atoms with Crippen LogP contribution in [0.1, 0.15) is 36.4 Å². The van der Waals surface area contributed by atoms with Crippen LogP contribution in [0.15, 0.2) is 67.9 Å². The first-order valence-corrected chi connectivity index (χ1v) is 13.1. The molecule has 1 unspecified atom stereocenters. The topological polar surface area (TPSA) is 110 Å². The first-order valence-electron chi connectivity index (χ1n) is 13.1. The number of pyridine rings is 2. The van der Waals surface area contributed by atoms with Crippen LogP contribution in [0, 0.1) is 12.7 Å². The van der Waals surface area contributed by atoms with Crippen molar-refractivity contribution in [3.05, 3.63) is 85.0 Å². The summed E-state index contributed by atoms with van der Waals surface area (Å²) in [5.74, 6) is 0.968. The maximum atomic E-state index is 15.3. The lowest BCUT2D eigenvalue weighted by atomic mass is 9.96. The van der Waals surface area contributed by atoms with E-state index in [9.17, 15) is 4.79 Å². The van der Waals surface area contributed by atoms with E-state index < -0.39 is 5.82 Å². The summed E-state index contributed by atoms with van der Waals surface area (Å²) in [5.41, 5.74) is 3.72. The number of amides is 1. The Balaban J connectivity index is 1.25. The van der Waals surface area contributed by atoms with Crippen LogP contribution in [-0.4, -0.2) is 53.4 Å². The molecule has 11 heteroatoms. The number of carbonyl (C=O) groups excluding carboxylic acids is 1. The molecule has 0 aliphatic carbocycles. The molecule has 0 spiro atoms. The summed E-state index contributed by atoms with van der Waals surface area (Å²) in [4.78, 5) is 31.7. The molecule has 1 amide bonds. The van der Waals surface area contributed by atoms with Crippen molar-refractivity contribution in [2.24, 2.45) is 0 Å². The number of carbonyl (C=O) groups is 1. The van der Waals surface area contributed by atoms with E-state index in [4.69, 9.17) is 9.72 Å². The van der Waals surface area contributed by atoms with Crippen molar-refractivity contribution >= 4 is 34.1 Å². The zero-order chi connectivity index (χ0) is 27.6. The molecule has 4 aromatic heterocycles. The average Bonchev–Trinajstić information content (AvgIpc) is 3.29. The molecule has 1 fully saturated rings. The fourth-order valence-corrected chi connectivity index (χ4v) is 5.00. The minimum Gasteiger partial charge on any atom is -0.457 e. The summed E-state index contributed by atoms with van der Waals surface area (Å²) in [6, 6.07) is 10.4. The van der Waals surface area contributed by atoms with Crippen LogP contribution in [0.2, 0.25) is 0 Å². The summed E-state index contributed by atoms with van der Waals surface area (Å²) >= 11 is 0. The Morgan fingerprint density at radius 2 is 2.02 bits per heavy atom. The average molecular weight is 539 g/mol. The monoisotopic (exact) mass is 538 g/mol. The van der Waals surface area contributed by atoms with Crippen molar-refractivity contribution in [1.29, 1.82) is 0 Å². The molecule has 5 aromatic rings. The SMILES string of the molecule is C=CC(=O)N1CCCC(c2ccc3ncnc(Nc4cc(C)c(Oc5ccn6ncnc6c5)cc4F)c3n2)CC1. The molecule has 1 aliphatic heterocycles. The van der Waals surface area contributed by atoms with Crippen LogP contribution < -0.4 is 10.1 Å². The summed E-state index contributed by atoms with van der Waals surface area (Å²) in [7, 11) is 0. The molecule has 0 radical (unpaired) electrons. The molecule has 1 saturated heterocycles. The Morgan fingerprint density at radius 3 is 2.90 bits per heavy atom. The third-order valence-corrected chi connectivity index (χ3v) is 7.13. The number of benzene rings is 1. The molecule has 0 saturated carbocycles. The number of anilines is 2. The van der Waals surface area contributed by atoms with E-state index in [-0.39, 0.29) is 17.5 Å². The molecular formula is C29H27FN8O2. The molecule has 1 N–H and O–H groups in total. The molecule has 0 bridgehead atoms. The zero-order valence-corrected chi connectivity index (χ0v) is 21.9. The van der Waals surface area contributed by atoms with Crippen molar-refractivity contribution in [3.63, 3.8) is 0 Å².